The second-order valence-electron chi connectivity index (χ2n) is 6.76. The molecule has 0 heterocycles. The summed E-state index contributed by atoms with van der Waals surface area (Å²) < 4.78 is 0. The van der Waals surface area contributed by atoms with Gasteiger partial charge in [0.15, 0.2) is 5.78 Å². The lowest BCUT2D eigenvalue weighted by Gasteiger charge is -2.36. The fraction of sp³-hybridized carbons (Fsp3) is 0.450. The number of carbonyl (C=O) groups is 1. The molecule has 112 valence electrons. The minimum Gasteiger partial charge on any atom is -0.295 e. The van der Waals surface area contributed by atoms with E-state index in [-0.39, 0.29) is 11.2 Å². The van der Waals surface area contributed by atoms with Crippen molar-refractivity contribution in [1.82, 2.24) is 0 Å². The fourth-order valence-electron chi connectivity index (χ4n) is 3.18. The van der Waals surface area contributed by atoms with E-state index >= 15 is 0 Å². The highest BCUT2D eigenvalue weighted by atomic mass is 16.1. The third kappa shape index (κ3) is 4.42. The summed E-state index contributed by atoms with van der Waals surface area (Å²) >= 11 is 0. The molecule has 2 rings (SSSR count). The first-order chi connectivity index (χ1) is 9.99. The highest BCUT2D eigenvalue weighted by Crippen LogP contribution is 2.41. The minimum atomic E-state index is 0.230. The number of allylic oxidation sites excluding steroid dienone is 4. The Kier molecular flexibility index (Phi) is 5.17. The van der Waals surface area contributed by atoms with Gasteiger partial charge in [-0.05, 0) is 43.2 Å². The second-order valence-corrected chi connectivity index (χ2v) is 6.76. The van der Waals surface area contributed by atoms with Gasteiger partial charge in [-0.15, -0.1) is 0 Å². The summed E-state index contributed by atoms with van der Waals surface area (Å²) in [5.41, 5.74) is 2.89. The van der Waals surface area contributed by atoms with Gasteiger partial charge in [0.1, 0.15) is 0 Å². The van der Waals surface area contributed by atoms with Gasteiger partial charge in [0.2, 0.25) is 0 Å². The van der Waals surface area contributed by atoms with Crippen LogP contribution in [0.3, 0.4) is 0 Å². The molecular weight excluding hydrogens is 256 g/mol. The predicted octanol–water partition coefficient (Wildman–Crippen LogP) is 5.13. The van der Waals surface area contributed by atoms with Crippen molar-refractivity contribution >= 4 is 5.78 Å². The van der Waals surface area contributed by atoms with Gasteiger partial charge >= 0.3 is 0 Å². The summed E-state index contributed by atoms with van der Waals surface area (Å²) in [5.74, 6) is 0.625. The van der Waals surface area contributed by atoms with Crippen LogP contribution in [-0.4, -0.2) is 5.78 Å². The van der Waals surface area contributed by atoms with Gasteiger partial charge in [0.25, 0.3) is 0 Å². The number of aryl methyl sites for hydroxylation is 1. The van der Waals surface area contributed by atoms with E-state index in [0.717, 1.165) is 12.8 Å². The van der Waals surface area contributed by atoms with Crippen LogP contribution in [0.4, 0.5) is 0 Å². The van der Waals surface area contributed by atoms with Crippen molar-refractivity contribution in [3.8, 4) is 0 Å². The zero-order valence-corrected chi connectivity index (χ0v) is 13.4. The van der Waals surface area contributed by atoms with Gasteiger partial charge in [0.05, 0.1) is 0 Å². The maximum Gasteiger partial charge on any atom is 0.155 e. The standard InChI is InChI=1S/C20H26O/c1-16-8-7-15-20(2,3)19(16)14-13-18(21)12-11-17-9-5-4-6-10-17/h4-6,8-10,13-14,19H,7,11-12,15H2,1-3H3/b14-13+. The average molecular weight is 282 g/mol. The van der Waals surface area contributed by atoms with Crippen LogP contribution in [0.5, 0.6) is 0 Å². The normalized spacial score (nSPS) is 21.3. The maximum absolute atomic E-state index is 12.1. The summed E-state index contributed by atoms with van der Waals surface area (Å²) in [6.07, 6.45) is 10.0. The highest BCUT2D eigenvalue weighted by Gasteiger charge is 2.30. The molecule has 0 aromatic heterocycles. The van der Waals surface area contributed by atoms with Crippen LogP contribution in [0, 0.1) is 11.3 Å². The van der Waals surface area contributed by atoms with E-state index in [9.17, 15) is 4.79 Å². The number of ketones is 1. The smallest absolute Gasteiger partial charge is 0.155 e. The van der Waals surface area contributed by atoms with Crippen LogP contribution in [0.15, 0.2) is 54.1 Å². The number of hydrogen-bond acceptors (Lipinski definition) is 1. The van der Waals surface area contributed by atoms with Gasteiger partial charge in [-0.25, -0.2) is 0 Å². The largest absolute Gasteiger partial charge is 0.295 e. The van der Waals surface area contributed by atoms with E-state index in [0.29, 0.717) is 12.3 Å². The quantitative estimate of drug-likeness (QED) is 0.540. The molecule has 1 aliphatic rings. The molecule has 0 amide bonds. The summed E-state index contributed by atoms with van der Waals surface area (Å²) in [5, 5.41) is 0. The van der Waals surface area contributed by atoms with Gasteiger partial charge in [-0.1, -0.05) is 61.9 Å². The van der Waals surface area contributed by atoms with Crippen molar-refractivity contribution in [2.45, 2.75) is 46.5 Å². The van der Waals surface area contributed by atoms with Crippen molar-refractivity contribution in [1.29, 1.82) is 0 Å². The number of rotatable bonds is 5. The number of hydrogen-bond donors (Lipinski definition) is 0. The Balaban J connectivity index is 1.92. The van der Waals surface area contributed by atoms with Crippen LogP contribution >= 0.6 is 0 Å². The van der Waals surface area contributed by atoms with Crippen molar-refractivity contribution in [2.75, 3.05) is 0 Å². The molecule has 1 atom stereocenters. The van der Waals surface area contributed by atoms with Gasteiger partial charge in [0, 0.05) is 12.3 Å². The van der Waals surface area contributed by atoms with E-state index in [4.69, 9.17) is 0 Å². The molecule has 1 heteroatoms. The molecule has 0 bridgehead atoms. The summed E-state index contributed by atoms with van der Waals surface area (Å²) in [6, 6.07) is 10.2. The number of benzene rings is 1. The van der Waals surface area contributed by atoms with Gasteiger partial charge in [-0.2, -0.15) is 0 Å². The van der Waals surface area contributed by atoms with Gasteiger partial charge in [-0.3, -0.25) is 4.79 Å². The summed E-state index contributed by atoms with van der Waals surface area (Å²) in [4.78, 5) is 12.1. The first-order valence-electron chi connectivity index (χ1n) is 7.91. The zero-order valence-electron chi connectivity index (χ0n) is 13.4. The van der Waals surface area contributed by atoms with Crippen LogP contribution in [0.25, 0.3) is 0 Å². The first-order valence-corrected chi connectivity index (χ1v) is 7.91. The average Bonchev–Trinajstić information content (AvgIpc) is 2.45. The minimum absolute atomic E-state index is 0.230. The Labute approximate surface area is 128 Å². The van der Waals surface area contributed by atoms with Crippen LogP contribution < -0.4 is 0 Å². The van der Waals surface area contributed by atoms with Gasteiger partial charge < -0.3 is 0 Å². The lowest BCUT2D eigenvalue weighted by atomic mass is 9.68. The molecule has 0 N–H and O–H groups in total. The maximum atomic E-state index is 12.1. The highest BCUT2D eigenvalue weighted by molar-refractivity contribution is 5.89. The van der Waals surface area contributed by atoms with Crippen molar-refractivity contribution in [2.24, 2.45) is 11.3 Å². The van der Waals surface area contributed by atoms with E-state index in [2.05, 4.69) is 45.1 Å². The Bertz CT molecular complexity index is 534. The topological polar surface area (TPSA) is 17.1 Å². The molecule has 0 aliphatic heterocycles. The van der Waals surface area contributed by atoms with E-state index in [1.807, 2.05) is 18.2 Å². The second kappa shape index (κ2) is 6.89. The molecule has 0 radical (unpaired) electrons. The predicted molar refractivity (Wildman–Crippen MR) is 89.2 cm³/mol. The molecule has 1 aliphatic carbocycles. The fourth-order valence-corrected chi connectivity index (χ4v) is 3.18. The van der Waals surface area contributed by atoms with Crippen molar-refractivity contribution in [3.05, 3.63) is 59.7 Å². The molecule has 0 fully saturated rings. The molecule has 21 heavy (non-hydrogen) atoms. The number of carbonyl (C=O) groups excluding carboxylic acids is 1. The summed E-state index contributed by atoms with van der Waals surface area (Å²) in [6.45, 7) is 6.78. The molecule has 0 saturated heterocycles. The zero-order chi connectivity index (χ0) is 15.3. The Morgan fingerprint density at radius 2 is 2.00 bits per heavy atom. The lowest BCUT2D eigenvalue weighted by molar-refractivity contribution is -0.114. The third-order valence-corrected chi connectivity index (χ3v) is 4.56. The summed E-state index contributed by atoms with van der Waals surface area (Å²) in [7, 11) is 0. The van der Waals surface area contributed by atoms with Crippen molar-refractivity contribution in [3.63, 3.8) is 0 Å². The van der Waals surface area contributed by atoms with E-state index in [1.165, 1.54) is 17.6 Å². The molecule has 1 aromatic rings. The Morgan fingerprint density at radius 3 is 2.67 bits per heavy atom. The van der Waals surface area contributed by atoms with Crippen LogP contribution in [0.1, 0.15) is 45.6 Å². The molecule has 0 spiro atoms. The van der Waals surface area contributed by atoms with Crippen molar-refractivity contribution < 1.29 is 4.79 Å². The molecule has 1 unspecified atom stereocenters. The van der Waals surface area contributed by atoms with Crippen LogP contribution in [0.2, 0.25) is 0 Å². The van der Waals surface area contributed by atoms with E-state index < -0.39 is 0 Å². The third-order valence-electron chi connectivity index (χ3n) is 4.56. The first kappa shape index (κ1) is 15.8. The molecule has 1 aromatic carbocycles. The lowest BCUT2D eigenvalue weighted by Crippen LogP contribution is -2.26. The SMILES string of the molecule is CC1=CCCC(C)(C)C1/C=C/C(=O)CCc1ccccc1. The van der Waals surface area contributed by atoms with Crippen LogP contribution in [-0.2, 0) is 11.2 Å². The molecular formula is C20H26O. The van der Waals surface area contributed by atoms with E-state index in [1.54, 1.807) is 6.08 Å². The Hall–Kier alpha value is -1.63. The Morgan fingerprint density at radius 1 is 1.29 bits per heavy atom. The molecule has 1 nitrogen and oxygen atoms in total. The monoisotopic (exact) mass is 282 g/mol. The molecule has 0 saturated carbocycles.